The second-order valence-corrected chi connectivity index (χ2v) is 4.75. The molecule has 0 saturated carbocycles. The molecule has 5 heteroatoms. The van der Waals surface area contributed by atoms with Crippen LogP contribution in [0.5, 0.6) is 0 Å². The SMILES string of the molecule is CCC1CCCN1C(=O)C(=O)N1CCNCC1. The molecule has 0 aromatic rings. The van der Waals surface area contributed by atoms with E-state index < -0.39 is 0 Å². The van der Waals surface area contributed by atoms with E-state index in [0.717, 1.165) is 38.9 Å². The molecule has 0 aromatic carbocycles. The van der Waals surface area contributed by atoms with Crippen molar-refractivity contribution >= 4 is 11.8 Å². The fraction of sp³-hybridized carbons (Fsp3) is 0.833. The molecular formula is C12H21N3O2. The largest absolute Gasteiger partial charge is 0.332 e. The summed E-state index contributed by atoms with van der Waals surface area (Å²) in [5.41, 5.74) is 0. The third-order valence-corrected chi connectivity index (χ3v) is 3.70. The van der Waals surface area contributed by atoms with Crippen LogP contribution < -0.4 is 5.32 Å². The summed E-state index contributed by atoms with van der Waals surface area (Å²) in [7, 11) is 0. The van der Waals surface area contributed by atoms with Crippen molar-refractivity contribution < 1.29 is 9.59 Å². The first-order valence-electron chi connectivity index (χ1n) is 6.54. The van der Waals surface area contributed by atoms with Crippen molar-refractivity contribution in [3.05, 3.63) is 0 Å². The van der Waals surface area contributed by atoms with Gasteiger partial charge < -0.3 is 15.1 Å². The lowest BCUT2D eigenvalue weighted by Crippen LogP contribution is -2.52. The van der Waals surface area contributed by atoms with E-state index >= 15 is 0 Å². The Morgan fingerprint density at radius 2 is 1.88 bits per heavy atom. The molecule has 2 aliphatic rings. The minimum absolute atomic E-state index is 0.273. The number of hydrogen-bond acceptors (Lipinski definition) is 3. The van der Waals surface area contributed by atoms with Gasteiger partial charge in [-0.2, -0.15) is 0 Å². The maximum atomic E-state index is 12.1. The van der Waals surface area contributed by atoms with E-state index in [1.807, 2.05) is 0 Å². The average Bonchev–Trinajstić information content (AvgIpc) is 2.86. The van der Waals surface area contributed by atoms with Crippen molar-refractivity contribution in [1.29, 1.82) is 0 Å². The summed E-state index contributed by atoms with van der Waals surface area (Å²) in [5, 5.41) is 3.18. The van der Waals surface area contributed by atoms with Crippen LogP contribution in [-0.2, 0) is 9.59 Å². The first-order chi connectivity index (χ1) is 8.24. The fourth-order valence-electron chi connectivity index (χ4n) is 2.65. The molecule has 5 nitrogen and oxygen atoms in total. The number of nitrogens with zero attached hydrogens (tertiary/aromatic N) is 2. The van der Waals surface area contributed by atoms with Crippen LogP contribution in [0.4, 0.5) is 0 Å². The Morgan fingerprint density at radius 3 is 2.53 bits per heavy atom. The van der Waals surface area contributed by atoms with Crippen molar-refractivity contribution in [3.63, 3.8) is 0 Å². The van der Waals surface area contributed by atoms with Gasteiger partial charge in [0.2, 0.25) is 0 Å². The summed E-state index contributed by atoms with van der Waals surface area (Å²) in [6.07, 6.45) is 3.01. The van der Waals surface area contributed by atoms with Gasteiger partial charge in [-0.15, -0.1) is 0 Å². The predicted molar refractivity (Wildman–Crippen MR) is 64.5 cm³/mol. The third kappa shape index (κ3) is 2.60. The van der Waals surface area contributed by atoms with Gasteiger partial charge in [-0.25, -0.2) is 0 Å². The van der Waals surface area contributed by atoms with Gasteiger partial charge in [0.15, 0.2) is 0 Å². The summed E-state index contributed by atoms with van der Waals surface area (Å²) in [4.78, 5) is 27.6. The highest BCUT2D eigenvalue weighted by atomic mass is 16.2. The van der Waals surface area contributed by atoms with E-state index in [4.69, 9.17) is 0 Å². The summed E-state index contributed by atoms with van der Waals surface area (Å²) >= 11 is 0. The van der Waals surface area contributed by atoms with Crippen LogP contribution in [0.15, 0.2) is 0 Å². The van der Waals surface area contributed by atoms with Crippen molar-refractivity contribution in [2.24, 2.45) is 0 Å². The van der Waals surface area contributed by atoms with Crippen LogP contribution in [0.1, 0.15) is 26.2 Å². The molecule has 2 saturated heterocycles. The molecule has 0 aromatic heterocycles. The third-order valence-electron chi connectivity index (χ3n) is 3.70. The molecule has 2 aliphatic heterocycles. The van der Waals surface area contributed by atoms with Gasteiger partial charge in [0.05, 0.1) is 0 Å². The Bertz CT molecular complexity index is 300. The molecule has 2 fully saturated rings. The van der Waals surface area contributed by atoms with E-state index in [1.54, 1.807) is 9.80 Å². The smallest absolute Gasteiger partial charge is 0.312 e. The lowest BCUT2D eigenvalue weighted by molar-refractivity contribution is -0.152. The van der Waals surface area contributed by atoms with E-state index in [0.29, 0.717) is 13.1 Å². The zero-order valence-electron chi connectivity index (χ0n) is 10.4. The minimum Gasteiger partial charge on any atom is -0.332 e. The molecule has 0 bridgehead atoms. The van der Waals surface area contributed by atoms with Gasteiger partial charge >= 0.3 is 11.8 Å². The van der Waals surface area contributed by atoms with Crippen LogP contribution >= 0.6 is 0 Å². The van der Waals surface area contributed by atoms with Crippen LogP contribution in [-0.4, -0.2) is 60.4 Å². The summed E-state index contributed by atoms with van der Waals surface area (Å²) in [5.74, 6) is -0.608. The number of rotatable bonds is 1. The van der Waals surface area contributed by atoms with Crippen molar-refractivity contribution in [3.8, 4) is 0 Å². The number of carbonyl (C=O) groups is 2. The topological polar surface area (TPSA) is 52.7 Å². The lowest BCUT2D eigenvalue weighted by Gasteiger charge is -2.30. The van der Waals surface area contributed by atoms with Crippen LogP contribution in [0.3, 0.4) is 0 Å². The molecule has 0 spiro atoms. The molecule has 0 radical (unpaired) electrons. The number of piperazine rings is 1. The normalized spacial score (nSPS) is 25.1. The van der Waals surface area contributed by atoms with E-state index in [1.165, 1.54) is 0 Å². The average molecular weight is 239 g/mol. The van der Waals surface area contributed by atoms with Crippen molar-refractivity contribution in [1.82, 2.24) is 15.1 Å². The second-order valence-electron chi connectivity index (χ2n) is 4.75. The number of nitrogens with one attached hydrogen (secondary N) is 1. The Kier molecular flexibility index (Phi) is 3.99. The molecule has 2 rings (SSSR count). The van der Waals surface area contributed by atoms with Gasteiger partial charge in [0, 0.05) is 38.8 Å². The molecule has 1 unspecified atom stereocenters. The Labute approximate surface area is 102 Å². The van der Waals surface area contributed by atoms with E-state index in [2.05, 4.69) is 12.2 Å². The Hall–Kier alpha value is -1.10. The number of likely N-dealkylation sites (tertiary alicyclic amines) is 1. The van der Waals surface area contributed by atoms with Crippen LogP contribution in [0.2, 0.25) is 0 Å². The van der Waals surface area contributed by atoms with Crippen LogP contribution in [0, 0.1) is 0 Å². The zero-order chi connectivity index (χ0) is 12.3. The summed E-state index contributed by atoms with van der Waals surface area (Å²) < 4.78 is 0. The van der Waals surface area contributed by atoms with E-state index in [9.17, 15) is 9.59 Å². The number of amides is 2. The van der Waals surface area contributed by atoms with Gasteiger partial charge in [-0.05, 0) is 19.3 Å². The molecule has 2 amide bonds. The molecule has 1 N–H and O–H groups in total. The maximum Gasteiger partial charge on any atom is 0.312 e. The number of carbonyl (C=O) groups excluding carboxylic acids is 2. The Morgan fingerprint density at radius 1 is 1.18 bits per heavy atom. The fourth-order valence-corrected chi connectivity index (χ4v) is 2.65. The predicted octanol–water partition coefficient (Wildman–Crippen LogP) is -0.181. The monoisotopic (exact) mass is 239 g/mol. The molecule has 0 aliphatic carbocycles. The van der Waals surface area contributed by atoms with Crippen LogP contribution in [0.25, 0.3) is 0 Å². The van der Waals surface area contributed by atoms with Gasteiger partial charge in [-0.3, -0.25) is 9.59 Å². The van der Waals surface area contributed by atoms with Gasteiger partial charge in [0.1, 0.15) is 0 Å². The van der Waals surface area contributed by atoms with Crippen molar-refractivity contribution in [2.45, 2.75) is 32.2 Å². The quantitative estimate of drug-likeness (QED) is 0.646. The second kappa shape index (κ2) is 5.49. The highest BCUT2D eigenvalue weighted by molar-refractivity contribution is 6.35. The minimum atomic E-state index is -0.313. The lowest BCUT2D eigenvalue weighted by atomic mass is 10.1. The van der Waals surface area contributed by atoms with Gasteiger partial charge in [0.25, 0.3) is 0 Å². The zero-order valence-corrected chi connectivity index (χ0v) is 10.4. The molecule has 96 valence electrons. The summed E-state index contributed by atoms with van der Waals surface area (Å²) in [6.45, 7) is 5.69. The van der Waals surface area contributed by atoms with E-state index in [-0.39, 0.29) is 17.9 Å². The molecular weight excluding hydrogens is 218 g/mol. The summed E-state index contributed by atoms with van der Waals surface area (Å²) in [6, 6.07) is 0.273. The maximum absolute atomic E-state index is 12.1. The first-order valence-corrected chi connectivity index (χ1v) is 6.54. The van der Waals surface area contributed by atoms with Crippen molar-refractivity contribution in [2.75, 3.05) is 32.7 Å². The molecule has 1 atom stereocenters. The standard InChI is InChI=1S/C12H21N3O2/c1-2-10-4-3-7-15(10)12(17)11(16)14-8-5-13-6-9-14/h10,13H,2-9H2,1H3. The van der Waals surface area contributed by atoms with Gasteiger partial charge in [-0.1, -0.05) is 6.92 Å². The molecule has 17 heavy (non-hydrogen) atoms. The highest BCUT2D eigenvalue weighted by Crippen LogP contribution is 2.20. The number of hydrogen-bond donors (Lipinski definition) is 1. The molecule has 2 heterocycles. The first kappa shape index (κ1) is 12.4. The highest BCUT2D eigenvalue weighted by Gasteiger charge is 2.33. The Balaban J connectivity index is 1.96.